The summed E-state index contributed by atoms with van der Waals surface area (Å²) < 4.78 is 0. The lowest BCUT2D eigenvalue weighted by Gasteiger charge is -2.41. The Kier molecular flexibility index (Phi) is 2.47. The number of anilines is 2. The lowest BCUT2D eigenvalue weighted by molar-refractivity contribution is 0.139. The second kappa shape index (κ2) is 4.02. The number of nitrogen functional groups attached to an aromatic ring is 2. The van der Waals surface area contributed by atoms with Crippen molar-refractivity contribution in [1.82, 2.24) is 14.9 Å². The summed E-state index contributed by atoms with van der Waals surface area (Å²) in [4.78, 5) is 10.2. The van der Waals surface area contributed by atoms with Crippen molar-refractivity contribution in [3.8, 4) is 6.19 Å². The Hall–Kier alpha value is -2.03. The van der Waals surface area contributed by atoms with E-state index in [1.807, 2.05) is 4.90 Å². The zero-order valence-corrected chi connectivity index (χ0v) is 10.1. The molecule has 2 atom stereocenters. The van der Waals surface area contributed by atoms with E-state index in [0.29, 0.717) is 11.7 Å². The molecule has 1 aliphatic carbocycles. The maximum atomic E-state index is 9.18. The van der Waals surface area contributed by atoms with Gasteiger partial charge in [0.05, 0.1) is 5.69 Å². The van der Waals surface area contributed by atoms with Crippen LogP contribution in [0, 0.1) is 17.4 Å². The van der Waals surface area contributed by atoms with E-state index < -0.39 is 0 Å². The monoisotopic (exact) mass is 244 g/mol. The molecule has 1 aliphatic heterocycles. The van der Waals surface area contributed by atoms with Crippen molar-refractivity contribution in [3.63, 3.8) is 0 Å². The number of nitriles is 1. The minimum absolute atomic E-state index is 0.248. The maximum absolute atomic E-state index is 9.18. The molecule has 0 radical (unpaired) electrons. The van der Waals surface area contributed by atoms with Crippen LogP contribution in [0.2, 0.25) is 0 Å². The lowest BCUT2D eigenvalue weighted by atomic mass is 9.77. The first-order valence-electron chi connectivity index (χ1n) is 6.26. The Bertz CT molecular complexity index is 520. The molecule has 0 saturated carbocycles. The zero-order valence-electron chi connectivity index (χ0n) is 10.1. The molecule has 1 aromatic heterocycles. The molecule has 2 aliphatic rings. The van der Waals surface area contributed by atoms with Crippen LogP contribution in [0.15, 0.2) is 0 Å². The van der Waals surface area contributed by atoms with Gasteiger partial charge in [0, 0.05) is 18.2 Å². The summed E-state index contributed by atoms with van der Waals surface area (Å²) in [5.41, 5.74) is 13.5. The highest BCUT2D eigenvalue weighted by atomic mass is 15.2. The molecule has 0 unspecified atom stereocenters. The molecule has 6 heteroatoms. The summed E-state index contributed by atoms with van der Waals surface area (Å²) >= 11 is 0. The maximum Gasteiger partial charge on any atom is 0.222 e. The van der Waals surface area contributed by atoms with Crippen molar-refractivity contribution < 1.29 is 0 Å². The van der Waals surface area contributed by atoms with Crippen LogP contribution in [-0.4, -0.2) is 27.5 Å². The molecule has 3 rings (SSSR count). The fourth-order valence-electron chi connectivity index (χ4n) is 3.19. The fraction of sp³-hybridized carbons (Fsp3) is 0.583. The highest BCUT2D eigenvalue weighted by Crippen LogP contribution is 2.35. The van der Waals surface area contributed by atoms with Gasteiger partial charge >= 0.3 is 0 Å². The van der Waals surface area contributed by atoms with E-state index in [1.165, 1.54) is 0 Å². The third-order valence-electron chi connectivity index (χ3n) is 4.06. The molecule has 2 heterocycles. The van der Waals surface area contributed by atoms with Crippen molar-refractivity contribution in [2.45, 2.75) is 31.7 Å². The largest absolute Gasteiger partial charge is 0.383 e. The Balaban J connectivity index is 1.99. The van der Waals surface area contributed by atoms with E-state index in [1.54, 1.807) is 0 Å². The van der Waals surface area contributed by atoms with Gasteiger partial charge in [0.1, 0.15) is 5.82 Å². The Labute approximate surface area is 106 Å². The number of nitrogens with two attached hydrogens (primary N) is 2. The van der Waals surface area contributed by atoms with Gasteiger partial charge in [-0.2, -0.15) is 10.2 Å². The van der Waals surface area contributed by atoms with E-state index in [9.17, 15) is 5.26 Å². The van der Waals surface area contributed by atoms with Gasteiger partial charge in [-0.3, -0.25) is 0 Å². The van der Waals surface area contributed by atoms with Gasteiger partial charge in [0.25, 0.3) is 0 Å². The van der Waals surface area contributed by atoms with Gasteiger partial charge in [-0.1, -0.05) is 0 Å². The standard InChI is InChI=1S/C12H16N6/c13-6-18-3-1-2-7-4-9-8(5-10(7)18)11(14)17-12(15)16-9/h7,10H,1-5H2,(H4,14,15,16,17)/t7-,10-/m1/s1. The molecule has 1 fully saturated rings. The molecule has 0 aromatic carbocycles. The predicted molar refractivity (Wildman–Crippen MR) is 67.1 cm³/mol. The summed E-state index contributed by atoms with van der Waals surface area (Å²) in [6.45, 7) is 0.850. The number of hydrogen-bond acceptors (Lipinski definition) is 6. The predicted octanol–water partition coefficient (Wildman–Crippen LogP) is 0.301. The zero-order chi connectivity index (χ0) is 12.7. The van der Waals surface area contributed by atoms with Crippen LogP contribution < -0.4 is 11.5 Å². The van der Waals surface area contributed by atoms with Crippen LogP contribution in [-0.2, 0) is 12.8 Å². The number of aromatic nitrogens is 2. The third-order valence-corrected chi connectivity index (χ3v) is 4.06. The number of nitrogens with zero attached hydrogens (tertiary/aromatic N) is 4. The number of rotatable bonds is 0. The number of likely N-dealkylation sites (tertiary alicyclic amines) is 1. The second-order valence-electron chi connectivity index (χ2n) is 5.06. The fourth-order valence-corrected chi connectivity index (χ4v) is 3.19. The third kappa shape index (κ3) is 1.63. The van der Waals surface area contributed by atoms with Gasteiger partial charge in [0.15, 0.2) is 6.19 Å². The minimum Gasteiger partial charge on any atom is -0.383 e. The van der Waals surface area contributed by atoms with Gasteiger partial charge in [-0.15, -0.1) is 0 Å². The Morgan fingerprint density at radius 1 is 1.28 bits per heavy atom. The van der Waals surface area contributed by atoms with E-state index in [0.717, 1.165) is 43.5 Å². The lowest BCUT2D eigenvalue weighted by Crippen LogP contribution is -2.47. The molecule has 6 nitrogen and oxygen atoms in total. The Morgan fingerprint density at radius 2 is 2.11 bits per heavy atom. The molecule has 0 bridgehead atoms. The van der Waals surface area contributed by atoms with Gasteiger partial charge in [-0.25, -0.2) is 4.98 Å². The second-order valence-corrected chi connectivity index (χ2v) is 5.06. The van der Waals surface area contributed by atoms with E-state index in [4.69, 9.17) is 11.5 Å². The van der Waals surface area contributed by atoms with Gasteiger partial charge < -0.3 is 16.4 Å². The van der Waals surface area contributed by atoms with Crippen LogP contribution in [0.3, 0.4) is 0 Å². The SMILES string of the molecule is N#CN1CCC[C@@H]2Cc3nc(N)nc(N)c3C[C@H]21. The summed E-state index contributed by atoms with van der Waals surface area (Å²) in [7, 11) is 0. The average Bonchev–Trinajstić information content (AvgIpc) is 2.36. The van der Waals surface area contributed by atoms with Gasteiger partial charge in [0.2, 0.25) is 5.95 Å². The highest BCUT2D eigenvalue weighted by Gasteiger charge is 2.37. The van der Waals surface area contributed by atoms with Crippen molar-refractivity contribution in [1.29, 1.82) is 5.26 Å². The van der Waals surface area contributed by atoms with Crippen LogP contribution in [0.25, 0.3) is 0 Å². The van der Waals surface area contributed by atoms with Crippen molar-refractivity contribution in [2.24, 2.45) is 5.92 Å². The van der Waals surface area contributed by atoms with Gasteiger partial charge in [-0.05, 0) is 31.6 Å². The molecule has 94 valence electrons. The molecular weight excluding hydrogens is 228 g/mol. The average molecular weight is 244 g/mol. The van der Waals surface area contributed by atoms with Crippen LogP contribution >= 0.6 is 0 Å². The quantitative estimate of drug-likeness (QED) is 0.636. The minimum atomic E-state index is 0.248. The molecule has 1 aromatic rings. The normalized spacial score (nSPS) is 26.1. The first-order chi connectivity index (χ1) is 8.69. The van der Waals surface area contributed by atoms with Crippen LogP contribution in [0.4, 0.5) is 11.8 Å². The van der Waals surface area contributed by atoms with E-state index in [-0.39, 0.29) is 12.0 Å². The van der Waals surface area contributed by atoms with Crippen LogP contribution in [0.5, 0.6) is 0 Å². The van der Waals surface area contributed by atoms with Crippen molar-refractivity contribution >= 4 is 11.8 Å². The molecular formula is C12H16N6. The van der Waals surface area contributed by atoms with E-state index >= 15 is 0 Å². The summed E-state index contributed by atoms with van der Waals surface area (Å²) in [5.74, 6) is 1.21. The first kappa shape index (κ1) is 11.1. The highest BCUT2D eigenvalue weighted by molar-refractivity contribution is 5.48. The van der Waals surface area contributed by atoms with Crippen molar-refractivity contribution in [3.05, 3.63) is 11.3 Å². The summed E-state index contributed by atoms with van der Waals surface area (Å²) in [6.07, 6.45) is 6.13. The molecule has 18 heavy (non-hydrogen) atoms. The molecule has 0 amide bonds. The number of fused-ring (bicyclic) bond motifs is 2. The first-order valence-corrected chi connectivity index (χ1v) is 6.26. The Morgan fingerprint density at radius 3 is 2.89 bits per heavy atom. The number of piperidine rings is 1. The topological polar surface area (TPSA) is 105 Å². The molecule has 1 saturated heterocycles. The summed E-state index contributed by atoms with van der Waals surface area (Å²) in [6, 6.07) is 0.255. The summed E-state index contributed by atoms with van der Waals surface area (Å²) in [5, 5.41) is 9.18. The number of hydrogen-bond donors (Lipinski definition) is 2. The van der Waals surface area contributed by atoms with Crippen LogP contribution in [0.1, 0.15) is 24.1 Å². The smallest absolute Gasteiger partial charge is 0.222 e. The van der Waals surface area contributed by atoms with E-state index in [2.05, 4.69) is 16.2 Å². The molecule has 0 spiro atoms. The molecule has 4 N–H and O–H groups in total. The van der Waals surface area contributed by atoms with Crippen molar-refractivity contribution in [2.75, 3.05) is 18.0 Å².